The molecule has 140 valence electrons. The highest BCUT2D eigenvalue weighted by Gasteiger charge is 2.28. The molecule has 0 aliphatic heterocycles. The van der Waals surface area contributed by atoms with Crippen LogP contribution in [-0.2, 0) is 11.2 Å². The topological polar surface area (TPSA) is 65.5 Å². The summed E-state index contributed by atoms with van der Waals surface area (Å²) in [6, 6.07) is 3.48. The number of nitrogens with zero attached hydrogens (tertiary/aromatic N) is 1. The van der Waals surface area contributed by atoms with E-state index in [2.05, 4.69) is 20.9 Å². The minimum Gasteiger partial charge on any atom is -0.357 e. The van der Waals surface area contributed by atoms with Crippen molar-refractivity contribution >= 4 is 35.8 Å². The van der Waals surface area contributed by atoms with Gasteiger partial charge in [0.2, 0.25) is 5.91 Å². The largest absolute Gasteiger partial charge is 0.357 e. The van der Waals surface area contributed by atoms with Gasteiger partial charge in [0, 0.05) is 38.2 Å². The summed E-state index contributed by atoms with van der Waals surface area (Å²) >= 11 is 0. The van der Waals surface area contributed by atoms with Crippen molar-refractivity contribution in [2.24, 2.45) is 10.9 Å². The number of nitrogens with one attached hydrogen (secondary N) is 3. The SMILES string of the molecule is CCNC(=NCCc1cc(F)cc(F)c1)NCCNC(=O)C1CC1.I. The van der Waals surface area contributed by atoms with E-state index in [1.807, 2.05) is 6.92 Å². The second kappa shape index (κ2) is 11.2. The van der Waals surface area contributed by atoms with Gasteiger partial charge in [-0.25, -0.2) is 8.78 Å². The van der Waals surface area contributed by atoms with Crippen LogP contribution in [0.4, 0.5) is 8.78 Å². The molecule has 0 unspecified atom stereocenters. The molecule has 5 nitrogen and oxygen atoms in total. The highest BCUT2D eigenvalue weighted by molar-refractivity contribution is 14.0. The molecule has 1 aliphatic carbocycles. The standard InChI is InChI=1S/C17H24F2N4O.HI/c1-2-20-17(23-8-7-21-16(24)13-3-4-13)22-6-5-12-9-14(18)11-15(19)10-12;/h9-11,13H,2-8H2,1H3,(H,21,24)(H2,20,22,23);1H. The molecule has 0 heterocycles. The van der Waals surface area contributed by atoms with E-state index < -0.39 is 11.6 Å². The third kappa shape index (κ3) is 8.46. The zero-order valence-electron chi connectivity index (χ0n) is 14.3. The van der Waals surface area contributed by atoms with Crippen LogP contribution in [0.25, 0.3) is 0 Å². The average molecular weight is 466 g/mol. The van der Waals surface area contributed by atoms with Crippen molar-refractivity contribution in [1.29, 1.82) is 0 Å². The highest BCUT2D eigenvalue weighted by Crippen LogP contribution is 2.28. The van der Waals surface area contributed by atoms with Crippen molar-refractivity contribution in [2.45, 2.75) is 26.2 Å². The number of aliphatic imine (C=N–C) groups is 1. The summed E-state index contributed by atoms with van der Waals surface area (Å²) in [4.78, 5) is 15.9. The lowest BCUT2D eigenvalue weighted by Gasteiger charge is -2.12. The van der Waals surface area contributed by atoms with E-state index in [1.54, 1.807) is 0 Å². The summed E-state index contributed by atoms with van der Waals surface area (Å²) in [6.45, 7) is 4.17. The summed E-state index contributed by atoms with van der Waals surface area (Å²) in [5, 5.41) is 9.08. The fourth-order valence-corrected chi connectivity index (χ4v) is 2.25. The molecular weight excluding hydrogens is 441 g/mol. The van der Waals surface area contributed by atoms with Crippen LogP contribution in [0.5, 0.6) is 0 Å². The minimum atomic E-state index is -0.578. The van der Waals surface area contributed by atoms with Gasteiger partial charge in [-0.3, -0.25) is 9.79 Å². The van der Waals surface area contributed by atoms with Crippen LogP contribution in [0.3, 0.4) is 0 Å². The lowest BCUT2D eigenvalue weighted by atomic mass is 10.1. The molecular formula is C17H25F2IN4O. The van der Waals surface area contributed by atoms with E-state index >= 15 is 0 Å². The van der Waals surface area contributed by atoms with Crippen LogP contribution in [0.15, 0.2) is 23.2 Å². The molecule has 0 bridgehead atoms. The van der Waals surface area contributed by atoms with Crippen molar-refractivity contribution in [3.8, 4) is 0 Å². The molecule has 1 amide bonds. The van der Waals surface area contributed by atoms with Gasteiger partial charge in [0.05, 0.1) is 0 Å². The predicted molar refractivity (Wildman–Crippen MR) is 105 cm³/mol. The molecule has 2 rings (SSSR count). The molecule has 25 heavy (non-hydrogen) atoms. The number of benzene rings is 1. The monoisotopic (exact) mass is 466 g/mol. The quantitative estimate of drug-likeness (QED) is 0.238. The third-order valence-corrected chi connectivity index (χ3v) is 3.60. The maximum atomic E-state index is 13.1. The van der Waals surface area contributed by atoms with E-state index in [0.717, 1.165) is 18.9 Å². The van der Waals surface area contributed by atoms with Gasteiger partial charge in [0.1, 0.15) is 11.6 Å². The van der Waals surface area contributed by atoms with Crippen molar-refractivity contribution in [3.05, 3.63) is 35.4 Å². The number of amides is 1. The summed E-state index contributed by atoms with van der Waals surface area (Å²) in [6.07, 6.45) is 2.43. The van der Waals surface area contributed by atoms with Crippen LogP contribution < -0.4 is 16.0 Å². The van der Waals surface area contributed by atoms with Crippen LogP contribution in [-0.4, -0.2) is 38.0 Å². The molecule has 0 aromatic heterocycles. The van der Waals surface area contributed by atoms with Crippen LogP contribution >= 0.6 is 24.0 Å². The Morgan fingerprint density at radius 2 is 1.76 bits per heavy atom. The zero-order chi connectivity index (χ0) is 17.4. The fourth-order valence-electron chi connectivity index (χ4n) is 2.25. The average Bonchev–Trinajstić information content (AvgIpc) is 3.35. The van der Waals surface area contributed by atoms with Gasteiger partial charge < -0.3 is 16.0 Å². The fraction of sp³-hybridized carbons (Fsp3) is 0.529. The third-order valence-electron chi connectivity index (χ3n) is 3.60. The molecule has 0 saturated heterocycles. The molecule has 1 fully saturated rings. The maximum absolute atomic E-state index is 13.1. The number of guanidine groups is 1. The van der Waals surface area contributed by atoms with Gasteiger partial charge in [-0.2, -0.15) is 0 Å². The number of rotatable bonds is 8. The first kappa shape index (κ1) is 21.6. The summed E-state index contributed by atoms with van der Waals surface area (Å²) in [5.41, 5.74) is 0.573. The lowest BCUT2D eigenvalue weighted by molar-refractivity contribution is -0.122. The van der Waals surface area contributed by atoms with Crippen LogP contribution in [0, 0.1) is 17.6 Å². The highest BCUT2D eigenvalue weighted by atomic mass is 127. The van der Waals surface area contributed by atoms with Crippen molar-refractivity contribution < 1.29 is 13.6 Å². The molecule has 8 heteroatoms. The number of halogens is 3. The second-order valence-corrected chi connectivity index (χ2v) is 5.78. The Morgan fingerprint density at radius 1 is 1.12 bits per heavy atom. The molecule has 1 aliphatic rings. The molecule has 1 aromatic carbocycles. The van der Waals surface area contributed by atoms with Gasteiger partial charge in [-0.1, -0.05) is 0 Å². The molecule has 0 atom stereocenters. The van der Waals surface area contributed by atoms with Gasteiger partial charge in [0.25, 0.3) is 0 Å². The molecule has 1 saturated carbocycles. The van der Waals surface area contributed by atoms with E-state index in [4.69, 9.17) is 0 Å². The Labute approximate surface area is 164 Å². The molecule has 0 radical (unpaired) electrons. The summed E-state index contributed by atoms with van der Waals surface area (Å²) < 4.78 is 26.3. The van der Waals surface area contributed by atoms with E-state index in [9.17, 15) is 13.6 Å². The number of hydrogen-bond acceptors (Lipinski definition) is 2. The van der Waals surface area contributed by atoms with Gasteiger partial charge in [0.15, 0.2) is 5.96 Å². The van der Waals surface area contributed by atoms with Gasteiger partial charge in [-0.15, -0.1) is 24.0 Å². The van der Waals surface area contributed by atoms with Crippen molar-refractivity contribution in [3.63, 3.8) is 0 Å². The summed E-state index contributed by atoms with van der Waals surface area (Å²) in [7, 11) is 0. The Kier molecular flexibility index (Phi) is 9.69. The minimum absolute atomic E-state index is 0. The second-order valence-electron chi connectivity index (χ2n) is 5.78. The van der Waals surface area contributed by atoms with Crippen molar-refractivity contribution in [1.82, 2.24) is 16.0 Å². The number of carbonyl (C=O) groups is 1. The number of carbonyl (C=O) groups excluding carboxylic acids is 1. The van der Waals surface area contributed by atoms with Gasteiger partial charge in [-0.05, 0) is 43.9 Å². The Hall–Kier alpha value is -1.45. The van der Waals surface area contributed by atoms with E-state index in [-0.39, 0.29) is 35.8 Å². The summed E-state index contributed by atoms with van der Waals surface area (Å²) in [5.74, 6) is -0.212. The van der Waals surface area contributed by atoms with E-state index in [1.165, 1.54) is 12.1 Å². The predicted octanol–water partition coefficient (Wildman–Crippen LogP) is 2.21. The first-order valence-corrected chi connectivity index (χ1v) is 8.33. The van der Waals surface area contributed by atoms with Crippen LogP contribution in [0.1, 0.15) is 25.3 Å². The smallest absolute Gasteiger partial charge is 0.223 e. The molecule has 1 aromatic rings. The Bertz CT molecular complexity index is 574. The zero-order valence-corrected chi connectivity index (χ0v) is 16.6. The lowest BCUT2D eigenvalue weighted by Crippen LogP contribution is -2.41. The number of hydrogen-bond donors (Lipinski definition) is 3. The maximum Gasteiger partial charge on any atom is 0.223 e. The Balaban J connectivity index is 0.00000312. The van der Waals surface area contributed by atoms with Gasteiger partial charge >= 0.3 is 0 Å². The van der Waals surface area contributed by atoms with Crippen molar-refractivity contribution in [2.75, 3.05) is 26.2 Å². The first-order valence-electron chi connectivity index (χ1n) is 8.33. The molecule has 0 spiro atoms. The Morgan fingerprint density at radius 3 is 2.36 bits per heavy atom. The normalized spacial score (nSPS) is 13.8. The molecule has 3 N–H and O–H groups in total. The van der Waals surface area contributed by atoms with E-state index in [0.29, 0.717) is 44.1 Å². The van der Waals surface area contributed by atoms with Crippen LogP contribution in [0.2, 0.25) is 0 Å². The first-order chi connectivity index (χ1) is 11.6.